The van der Waals surface area contributed by atoms with E-state index < -0.39 is 0 Å². The lowest BCUT2D eigenvalue weighted by Crippen LogP contribution is -2.12. The second-order valence-corrected chi connectivity index (χ2v) is 12.5. The van der Waals surface area contributed by atoms with Gasteiger partial charge >= 0.3 is 0 Å². The number of hydrogen-bond donors (Lipinski definition) is 0. The van der Waals surface area contributed by atoms with E-state index in [2.05, 4.69) is 181 Å². The Hall–Kier alpha value is -6.91. The number of benzene rings is 8. The van der Waals surface area contributed by atoms with Gasteiger partial charge in [-0.05, 0) is 81.2 Å². The predicted octanol–water partition coefficient (Wildman–Crippen LogP) is 12.3. The largest absolute Gasteiger partial charge is 0.310 e. The van der Waals surface area contributed by atoms with E-state index in [-0.39, 0.29) is 0 Å². The van der Waals surface area contributed by atoms with Crippen LogP contribution in [0.25, 0.3) is 66.8 Å². The molecule has 0 amide bonds. The van der Waals surface area contributed by atoms with Crippen molar-refractivity contribution in [1.29, 1.82) is 0 Å². The van der Waals surface area contributed by atoms with Crippen molar-refractivity contribution < 1.29 is 0 Å². The number of hydrogen-bond acceptors (Lipinski definition) is 4. The third-order valence-electron chi connectivity index (χ3n) is 9.28. The van der Waals surface area contributed by atoms with Gasteiger partial charge in [-0.25, -0.2) is 15.0 Å². The highest BCUT2D eigenvalue weighted by Gasteiger charge is 2.20. The lowest BCUT2D eigenvalue weighted by molar-refractivity contribution is 1.07. The zero-order valence-electron chi connectivity index (χ0n) is 27.8. The molecule has 240 valence electrons. The molecule has 0 aliphatic heterocycles. The van der Waals surface area contributed by atoms with Crippen LogP contribution in [-0.4, -0.2) is 15.0 Å². The van der Waals surface area contributed by atoms with Crippen LogP contribution in [-0.2, 0) is 0 Å². The summed E-state index contributed by atoms with van der Waals surface area (Å²) in [5, 5.41) is 4.76. The molecule has 0 atom stereocenters. The average molecular weight is 653 g/mol. The Balaban J connectivity index is 1.20. The molecule has 0 fully saturated rings. The van der Waals surface area contributed by atoms with E-state index in [0.29, 0.717) is 17.5 Å². The molecule has 9 aromatic rings. The molecule has 4 heteroatoms. The summed E-state index contributed by atoms with van der Waals surface area (Å²) >= 11 is 0. The number of anilines is 3. The summed E-state index contributed by atoms with van der Waals surface area (Å²) in [6.45, 7) is 0. The highest BCUT2D eigenvalue weighted by molar-refractivity contribution is 5.90. The Labute approximate surface area is 297 Å². The van der Waals surface area contributed by atoms with Crippen LogP contribution in [0.15, 0.2) is 194 Å². The molecule has 0 unspecified atom stereocenters. The summed E-state index contributed by atoms with van der Waals surface area (Å²) in [4.78, 5) is 17.7. The molecular weight excluding hydrogens is 621 g/mol. The fraction of sp³-hybridized carbons (Fsp3) is 0. The zero-order valence-corrected chi connectivity index (χ0v) is 27.8. The van der Waals surface area contributed by atoms with E-state index in [4.69, 9.17) is 15.0 Å². The first-order valence-electron chi connectivity index (χ1n) is 17.1. The van der Waals surface area contributed by atoms with Gasteiger partial charge in [-0.3, -0.25) is 0 Å². The van der Waals surface area contributed by atoms with Crippen LogP contribution in [0.3, 0.4) is 0 Å². The Bertz CT molecular complexity index is 2600. The summed E-state index contributed by atoms with van der Waals surface area (Å²) < 4.78 is 0. The van der Waals surface area contributed by atoms with Gasteiger partial charge in [0.25, 0.3) is 0 Å². The lowest BCUT2D eigenvalue weighted by Gasteiger charge is -2.27. The van der Waals surface area contributed by atoms with Crippen molar-refractivity contribution in [1.82, 2.24) is 15.0 Å². The summed E-state index contributed by atoms with van der Waals surface area (Å²) in [6, 6.07) is 67.5. The van der Waals surface area contributed by atoms with Crippen molar-refractivity contribution in [2.75, 3.05) is 4.90 Å². The van der Waals surface area contributed by atoms with Crippen molar-refractivity contribution in [3.8, 4) is 45.3 Å². The van der Waals surface area contributed by atoms with Crippen molar-refractivity contribution in [3.63, 3.8) is 0 Å². The third-order valence-corrected chi connectivity index (χ3v) is 9.28. The van der Waals surface area contributed by atoms with Crippen LogP contribution in [0.2, 0.25) is 0 Å². The molecule has 8 aromatic carbocycles. The smallest absolute Gasteiger partial charge is 0.166 e. The second kappa shape index (κ2) is 13.2. The highest BCUT2D eigenvalue weighted by Crippen LogP contribution is 2.40. The molecule has 0 radical (unpaired) electrons. The molecule has 0 aliphatic rings. The number of rotatable bonds is 7. The average Bonchev–Trinajstić information content (AvgIpc) is 3.21. The van der Waals surface area contributed by atoms with Gasteiger partial charge in [-0.1, -0.05) is 146 Å². The first-order valence-corrected chi connectivity index (χ1v) is 17.1. The Morgan fingerprint density at radius 3 is 1.35 bits per heavy atom. The van der Waals surface area contributed by atoms with E-state index in [1.165, 1.54) is 21.7 Å². The SMILES string of the molecule is c1ccc(N(c2ccccc2)c2ccccc2-c2nc(-c3ccc(-c4ccc5ccccc5c4)cc3)nc(-c3ccc4ccccc4c3)n2)cc1. The molecule has 51 heavy (non-hydrogen) atoms. The van der Waals surface area contributed by atoms with Crippen molar-refractivity contribution >= 4 is 38.6 Å². The van der Waals surface area contributed by atoms with Crippen molar-refractivity contribution in [2.45, 2.75) is 0 Å². The molecule has 0 aliphatic carbocycles. The maximum absolute atomic E-state index is 5.19. The summed E-state index contributed by atoms with van der Waals surface area (Å²) in [6.07, 6.45) is 0. The fourth-order valence-corrected chi connectivity index (χ4v) is 6.70. The van der Waals surface area contributed by atoms with Gasteiger partial charge in [0.05, 0.1) is 5.69 Å². The van der Waals surface area contributed by atoms with Crippen LogP contribution in [0.4, 0.5) is 17.1 Å². The maximum atomic E-state index is 5.19. The second-order valence-electron chi connectivity index (χ2n) is 12.5. The van der Waals surface area contributed by atoms with E-state index in [9.17, 15) is 0 Å². The minimum atomic E-state index is 0.606. The van der Waals surface area contributed by atoms with Crippen LogP contribution < -0.4 is 4.90 Å². The van der Waals surface area contributed by atoms with Crippen LogP contribution in [0, 0.1) is 0 Å². The molecular formula is C47H32N4. The molecule has 1 aromatic heterocycles. The van der Waals surface area contributed by atoms with E-state index >= 15 is 0 Å². The molecule has 0 N–H and O–H groups in total. The van der Waals surface area contributed by atoms with Crippen molar-refractivity contribution in [2.24, 2.45) is 0 Å². The third kappa shape index (κ3) is 6.00. The molecule has 4 nitrogen and oxygen atoms in total. The topological polar surface area (TPSA) is 41.9 Å². The summed E-state index contributed by atoms with van der Waals surface area (Å²) in [5.41, 5.74) is 8.14. The highest BCUT2D eigenvalue weighted by atomic mass is 15.1. The van der Waals surface area contributed by atoms with Gasteiger partial charge in [-0.2, -0.15) is 0 Å². The maximum Gasteiger partial charge on any atom is 0.166 e. The molecule has 0 saturated heterocycles. The monoisotopic (exact) mass is 652 g/mol. The predicted molar refractivity (Wildman–Crippen MR) is 211 cm³/mol. The van der Waals surface area contributed by atoms with E-state index in [1.54, 1.807) is 0 Å². The van der Waals surface area contributed by atoms with Crippen LogP contribution >= 0.6 is 0 Å². The molecule has 0 spiro atoms. The quantitative estimate of drug-likeness (QED) is 0.172. The number of nitrogens with zero attached hydrogens (tertiary/aromatic N) is 4. The normalized spacial score (nSPS) is 11.1. The van der Waals surface area contributed by atoms with Gasteiger partial charge in [-0.15, -0.1) is 0 Å². The number of fused-ring (bicyclic) bond motifs is 2. The van der Waals surface area contributed by atoms with Crippen molar-refractivity contribution in [3.05, 3.63) is 194 Å². The van der Waals surface area contributed by atoms with E-state index in [1.807, 2.05) is 18.2 Å². The lowest BCUT2D eigenvalue weighted by atomic mass is 10.00. The Morgan fingerprint density at radius 2 is 0.725 bits per heavy atom. The van der Waals surface area contributed by atoms with Gasteiger partial charge < -0.3 is 4.90 Å². The first-order chi connectivity index (χ1) is 25.3. The minimum absolute atomic E-state index is 0.606. The Kier molecular flexibility index (Phi) is 7.80. The number of para-hydroxylation sites is 3. The van der Waals surface area contributed by atoms with Gasteiger partial charge in [0.1, 0.15) is 0 Å². The van der Waals surface area contributed by atoms with Gasteiger partial charge in [0.2, 0.25) is 0 Å². The number of aromatic nitrogens is 3. The Morgan fingerprint density at radius 1 is 0.294 bits per heavy atom. The molecule has 0 bridgehead atoms. The molecule has 9 rings (SSSR count). The van der Waals surface area contributed by atoms with Gasteiger partial charge in [0, 0.05) is 28.1 Å². The molecule has 1 heterocycles. The summed E-state index contributed by atoms with van der Waals surface area (Å²) in [5.74, 6) is 1.85. The standard InChI is InChI=1S/C47H32N4/c1-3-17-41(18-4-1)51(42-19-5-2-6-20-42)44-22-12-11-21-43(44)47-49-45(48-46(50-47)40-30-26-34-14-8-10-16-38(34)32-40)36-27-23-35(24-28-36)39-29-25-33-13-7-9-15-37(33)31-39/h1-32H. The van der Waals surface area contributed by atoms with Crippen LogP contribution in [0.5, 0.6) is 0 Å². The molecule has 0 saturated carbocycles. The summed E-state index contributed by atoms with van der Waals surface area (Å²) in [7, 11) is 0. The fourth-order valence-electron chi connectivity index (χ4n) is 6.70. The zero-order chi connectivity index (χ0) is 34.0. The van der Waals surface area contributed by atoms with Gasteiger partial charge in [0.15, 0.2) is 17.5 Å². The van der Waals surface area contributed by atoms with Crippen LogP contribution in [0.1, 0.15) is 0 Å². The minimum Gasteiger partial charge on any atom is -0.310 e. The first kappa shape index (κ1) is 30.2. The van der Waals surface area contributed by atoms with E-state index in [0.717, 1.165) is 44.7 Å².